The molecule has 13 nitrogen and oxygen atoms in total. The molecular weight excluding hydrogens is 668 g/mol. The van der Waals surface area contributed by atoms with Gasteiger partial charge in [-0.25, -0.2) is 14.4 Å². The molecular formula is C33H51ClO13Si. The molecule has 0 fully saturated rings. The van der Waals surface area contributed by atoms with Crippen LogP contribution in [0.3, 0.4) is 0 Å². The number of hydrogen-bond donors (Lipinski definition) is 7. The largest absolute Gasteiger partial charge is 0.478 e. The van der Waals surface area contributed by atoms with Gasteiger partial charge in [-0.05, 0) is 23.7 Å². The van der Waals surface area contributed by atoms with Gasteiger partial charge in [0.1, 0.15) is 0 Å². The zero-order valence-electron chi connectivity index (χ0n) is 27.9. The zero-order chi connectivity index (χ0) is 38.0. The maximum absolute atomic E-state index is 9.25. The van der Waals surface area contributed by atoms with Crippen LogP contribution < -0.4 is 10.4 Å². The van der Waals surface area contributed by atoms with Crippen LogP contribution in [0.4, 0.5) is 0 Å². The third-order valence-corrected chi connectivity index (χ3v) is 9.09. The number of rotatable bonds is 14. The highest BCUT2D eigenvalue weighted by Crippen LogP contribution is 2.18. The van der Waals surface area contributed by atoms with Gasteiger partial charge in [0.25, 0.3) is 0 Å². The van der Waals surface area contributed by atoms with Gasteiger partial charge >= 0.3 is 26.5 Å². The van der Waals surface area contributed by atoms with E-state index in [0.29, 0.717) is 18.9 Å². The first-order valence-electron chi connectivity index (χ1n) is 14.1. The van der Waals surface area contributed by atoms with Gasteiger partial charge in [-0.15, -0.1) is 11.6 Å². The number of ether oxygens (including phenoxy) is 1. The van der Waals surface area contributed by atoms with Crippen LogP contribution >= 0.6 is 11.6 Å². The average Bonchev–Trinajstić information content (AvgIpc) is 3.11. The van der Waals surface area contributed by atoms with Crippen molar-refractivity contribution in [3.8, 4) is 0 Å². The molecule has 1 unspecified atom stereocenters. The highest BCUT2D eigenvalue weighted by Gasteiger charge is 2.40. The molecule has 0 aromatic heterocycles. The van der Waals surface area contributed by atoms with Gasteiger partial charge in [0.2, 0.25) is 0 Å². The van der Waals surface area contributed by atoms with Gasteiger partial charge in [-0.1, -0.05) is 87.3 Å². The summed E-state index contributed by atoms with van der Waals surface area (Å²) in [6.45, 7) is 12.2. The van der Waals surface area contributed by atoms with Crippen molar-refractivity contribution in [3.63, 3.8) is 0 Å². The Hall–Kier alpha value is -3.70. The Morgan fingerprint density at radius 1 is 0.771 bits per heavy atom. The number of hydrogen-bond acceptors (Lipinski definition) is 10. The molecule has 0 radical (unpaired) electrons. The minimum atomic E-state index is -2.50. The second-order valence-electron chi connectivity index (χ2n) is 8.87. The molecule has 0 aliphatic rings. The van der Waals surface area contributed by atoms with E-state index >= 15 is 0 Å². The van der Waals surface area contributed by atoms with E-state index in [1.165, 1.54) is 0 Å². The molecule has 0 amide bonds. The van der Waals surface area contributed by atoms with Crippen LogP contribution in [0.15, 0.2) is 98.6 Å². The maximum atomic E-state index is 9.25. The number of aliphatic hydroxyl groups excluding tert-OH is 4. The molecule has 0 saturated carbocycles. The maximum Gasteiger partial charge on any atom is 0.406 e. The number of benzene rings is 2. The van der Waals surface area contributed by atoms with Crippen molar-refractivity contribution in [1.29, 1.82) is 0 Å². The average molecular weight is 719 g/mol. The summed E-state index contributed by atoms with van der Waals surface area (Å²) in [5.74, 6) is -2.51. The van der Waals surface area contributed by atoms with Crippen molar-refractivity contribution in [3.05, 3.63) is 98.6 Å². The first-order chi connectivity index (χ1) is 22.7. The lowest BCUT2D eigenvalue weighted by atomic mass is 9.88. The number of carbonyl (C=O) groups is 3. The smallest absolute Gasteiger partial charge is 0.406 e. The third kappa shape index (κ3) is 26.4. The summed E-state index contributed by atoms with van der Waals surface area (Å²) in [4.78, 5) is 27.8. The molecule has 2 aromatic rings. The summed E-state index contributed by atoms with van der Waals surface area (Å²) in [5.41, 5.74) is -0.667. The van der Waals surface area contributed by atoms with E-state index in [1.807, 2.05) is 43.3 Å². The van der Waals surface area contributed by atoms with Crippen LogP contribution in [0.5, 0.6) is 0 Å². The monoisotopic (exact) mass is 718 g/mol. The predicted octanol–water partition coefficient (Wildman–Crippen LogP) is 2.25. The molecule has 0 bridgehead atoms. The first kappa shape index (κ1) is 51.1. The predicted molar refractivity (Wildman–Crippen MR) is 188 cm³/mol. The number of halogens is 1. The van der Waals surface area contributed by atoms with Gasteiger partial charge in [0.05, 0.1) is 26.4 Å². The number of aliphatic hydroxyl groups is 4. The topological polar surface area (TPSA) is 221 Å². The Balaban J connectivity index is -0.000000266. The fraction of sp³-hybridized carbons (Fsp3) is 0.364. The first-order valence-corrected chi connectivity index (χ1v) is 16.5. The van der Waals surface area contributed by atoms with Gasteiger partial charge < -0.3 is 49.3 Å². The normalized spacial score (nSPS) is 10.4. The lowest BCUT2D eigenvalue weighted by Crippen LogP contribution is -2.62. The fourth-order valence-corrected chi connectivity index (χ4v) is 5.53. The molecule has 2 aromatic carbocycles. The molecule has 0 heterocycles. The van der Waals surface area contributed by atoms with Crippen LogP contribution in [0, 0.1) is 5.41 Å². The Morgan fingerprint density at radius 2 is 1.06 bits per heavy atom. The molecule has 0 spiro atoms. The van der Waals surface area contributed by atoms with E-state index in [1.54, 1.807) is 21.1 Å². The molecule has 0 aliphatic heterocycles. The second-order valence-corrected chi connectivity index (χ2v) is 12.5. The zero-order valence-corrected chi connectivity index (χ0v) is 29.7. The van der Waals surface area contributed by atoms with Crippen LogP contribution in [0.25, 0.3) is 0 Å². The van der Waals surface area contributed by atoms with Crippen molar-refractivity contribution < 1.29 is 63.7 Å². The van der Waals surface area contributed by atoms with Crippen molar-refractivity contribution in [2.45, 2.75) is 26.6 Å². The highest BCUT2D eigenvalue weighted by molar-refractivity contribution is 6.92. The SMILES string of the molecule is C=CC(=O)O.C=CC(=O)O.C=CC(=O)O.CC(O)OCCCl.CCC(CO)(CO)CO.CO[Si](OC)(c1ccccc1)c1ccccc1. The summed E-state index contributed by atoms with van der Waals surface area (Å²) in [6.07, 6.45) is 2.41. The standard InChI is InChI=1S/C14H16O2Si.C6H14O3.C4H9ClO2.3C3H4O2/c1-15-17(16-2,13-9-5-3-6-10-13)14-11-7-4-8-12-14;1-2-6(3-7,4-8)5-9;1-4(6)7-3-2-5;3*1-2-3(4)5/h3-12H,1-2H3;7-9H,2-5H2,1H3;4,6H,2-3H2,1H3;3*2H,1H2,(H,4,5). The molecule has 0 aliphatic carbocycles. The van der Waals surface area contributed by atoms with E-state index in [-0.39, 0.29) is 19.8 Å². The Labute approximate surface area is 288 Å². The minimum absolute atomic E-state index is 0.156. The Bertz CT molecular complexity index is 1010. The van der Waals surface area contributed by atoms with Crippen molar-refractivity contribution in [2.75, 3.05) is 46.5 Å². The highest BCUT2D eigenvalue weighted by atomic mass is 35.5. The quantitative estimate of drug-likeness (QED) is 0.0646. The Morgan fingerprint density at radius 3 is 1.19 bits per heavy atom. The van der Waals surface area contributed by atoms with Crippen LogP contribution in [0.1, 0.15) is 20.3 Å². The van der Waals surface area contributed by atoms with Gasteiger partial charge in [0, 0.05) is 43.7 Å². The summed E-state index contributed by atoms with van der Waals surface area (Å²) >= 11 is 5.21. The number of alkyl halides is 1. The molecule has 15 heteroatoms. The molecule has 2 rings (SSSR count). The van der Waals surface area contributed by atoms with Crippen molar-refractivity contribution in [1.82, 2.24) is 0 Å². The van der Waals surface area contributed by atoms with Crippen LogP contribution in [-0.4, -0.2) is 115 Å². The lowest BCUT2D eigenvalue weighted by Gasteiger charge is -2.27. The summed E-state index contributed by atoms with van der Waals surface area (Å²) < 4.78 is 16.2. The number of aliphatic carboxylic acids is 3. The van der Waals surface area contributed by atoms with Crippen LogP contribution in [0.2, 0.25) is 0 Å². The molecule has 7 N–H and O–H groups in total. The second kappa shape index (κ2) is 33.2. The lowest BCUT2D eigenvalue weighted by molar-refractivity contribution is -0.132. The van der Waals surface area contributed by atoms with E-state index in [2.05, 4.69) is 48.7 Å². The number of carboxylic acid groups (broad SMARTS) is 3. The minimum Gasteiger partial charge on any atom is -0.478 e. The summed E-state index contributed by atoms with van der Waals surface area (Å²) in [6, 6.07) is 20.3. The van der Waals surface area contributed by atoms with E-state index in [4.69, 9.17) is 56.2 Å². The Kier molecular flexibility index (Phi) is 35.4. The van der Waals surface area contributed by atoms with Crippen molar-refractivity contribution >= 4 is 48.4 Å². The summed E-state index contributed by atoms with van der Waals surface area (Å²) in [7, 11) is 0.940. The molecule has 0 saturated heterocycles. The third-order valence-electron chi connectivity index (χ3n) is 5.60. The molecule has 272 valence electrons. The number of carboxylic acids is 3. The van der Waals surface area contributed by atoms with Gasteiger partial charge in [-0.2, -0.15) is 0 Å². The molecule has 1 atom stereocenters. The van der Waals surface area contributed by atoms with E-state index in [0.717, 1.165) is 28.6 Å². The van der Waals surface area contributed by atoms with Crippen molar-refractivity contribution in [2.24, 2.45) is 5.41 Å². The summed E-state index contributed by atoms with van der Waals surface area (Å²) in [5, 5.41) is 59.4. The van der Waals surface area contributed by atoms with E-state index in [9.17, 15) is 14.4 Å². The van der Waals surface area contributed by atoms with Gasteiger partial charge in [0.15, 0.2) is 6.29 Å². The fourth-order valence-electron chi connectivity index (χ4n) is 2.74. The van der Waals surface area contributed by atoms with Gasteiger partial charge in [-0.3, -0.25) is 0 Å². The van der Waals surface area contributed by atoms with Crippen LogP contribution in [-0.2, 0) is 28.0 Å². The molecule has 48 heavy (non-hydrogen) atoms. The van der Waals surface area contributed by atoms with E-state index < -0.39 is 38.2 Å².